The summed E-state index contributed by atoms with van der Waals surface area (Å²) < 4.78 is 5.74. The van der Waals surface area contributed by atoms with E-state index in [1.165, 1.54) is 0 Å². The van der Waals surface area contributed by atoms with Gasteiger partial charge in [0, 0.05) is 29.8 Å². The molecule has 7 N–H and O–H groups in total. The van der Waals surface area contributed by atoms with Crippen molar-refractivity contribution in [3.8, 4) is 5.88 Å². The van der Waals surface area contributed by atoms with Crippen LogP contribution in [0.25, 0.3) is 10.9 Å². The van der Waals surface area contributed by atoms with Crippen molar-refractivity contribution in [3.63, 3.8) is 0 Å². The number of hydrogen-bond acceptors (Lipinski definition) is 5. The number of pyridine rings is 1. The van der Waals surface area contributed by atoms with E-state index >= 15 is 0 Å². The van der Waals surface area contributed by atoms with Crippen LogP contribution >= 0.6 is 0 Å². The molecule has 0 radical (unpaired) electrons. The van der Waals surface area contributed by atoms with Crippen molar-refractivity contribution in [1.29, 1.82) is 5.41 Å². The minimum atomic E-state index is -0.465. The minimum absolute atomic E-state index is 0.284. The molecule has 1 aromatic carbocycles. The largest absolute Gasteiger partial charge is 0.473 e. The molecule has 0 unspecified atom stereocenters. The summed E-state index contributed by atoms with van der Waals surface area (Å²) in [6, 6.07) is 11.0. The normalized spacial score (nSPS) is 10.6. The van der Waals surface area contributed by atoms with Crippen molar-refractivity contribution >= 4 is 22.8 Å². The Bertz CT molecular complexity index is 934. The van der Waals surface area contributed by atoms with Crippen molar-refractivity contribution < 1.29 is 9.53 Å². The van der Waals surface area contributed by atoms with Gasteiger partial charge in [0.1, 0.15) is 12.3 Å². The predicted molar refractivity (Wildman–Crippen MR) is 94.1 cm³/mol. The molecular weight excluding hydrogens is 320 g/mol. The summed E-state index contributed by atoms with van der Waals surface area (Å²) in [7, 11) is 0. The Balaban J connectivity index is 1.82. The first kappa shape index (κ1) is 16.5. The molecule has 0 aliphatic rings. The van der Waals surface area contributed by atoms with E-state index < -0.39 is 11.9 Å². The highest BCUT2D eigenvalue weighted by Crippen LogP contribution is 2.21. The van der Waals surface area contributed by atoms with E-state index in [-0.39, 0.29) is 6.61 Å². The molecule has 1 amide bonds. The summed E-state index contributed by atoms with van der Waals surface area (Å²) in [5.41, 5.74) is 13.7. The lowest BCUT2D eigenvalue weighted by atomic mass is 10.1. The highest BCUT2D eigenvalue weighted by molar-refractivity contribution is 6.06. The maximum absolute atomic E-state index is 12.0. The Kier molecular flexibility index (Phi) is 4.62. The zero-order chi connectivity index (χ0) is 17.8. The SMILES string of the molecule is N=C(N)NC(=O)c1cc2cccc(COc3cc(CN)ccn3)c2[nH]1. The van der Waals surface area contributed by atoms with Crippen molar-refractivity contribution in [1.82, 2.24) is 15.3 Å². The molecule has 25 heavy (non-hydrogen) atoms. The fraction of sp³-hybridized carbons (Fsp3) is 0.118. The van der Waals surface area contributed by atoms with Gasteiger partial charge in [-0.1, -0.05) is 18.2 Å². The van der Waals surface area contributed by atoms with Crippen LogP contribution < -0.4 is 21.5 Å². The van der Waals surface area contributed by atoms with E-state index in [1.54, 1.807) is 18.3 Å². The van der Waals surface area contributed by atoms with Gasteiger partial charge >= 0.3 is 0 Å². The number of H-pyrrole nitrogens is 1. The molecule has 0 saturated carbocycles. The number of hydrogen-bond donors (Lipinski definition) is 5. The van der Waals surface area contributed by atoms with Crippen molar-refractivity contribution in [2.45, 2.75) is 13.2 Å². The Hall–Kier alpha value is -3.39. The van der Waals surface area contributed by atoms with E-state index in [1.807, 2.05) is 24.3 Å². The fourth-order valence-corrected chi connectivity index (χ4v) is 2.46. The van der Waals surface area contributed by atoms with Gasteiger partial charge in [-0.25, -0.2) is 4.98 Å². The van der Waals surface area contributed by atoms with E-state index in [0.717, 1.165) is 22.0 Å². The van der Waals surface area contributed by atoms with Gasteiger partial charge in [0.2, 0.25) is 5.88 Å². The number of ether oxygens (including phenoxy) is 1. The second kappa shape index (κ2) is 7.02. The average molecular weight is 338 g/mol. The first-order chi connectivity index (χ1) is 12.1. The number of fused-ring (bicyclic) bond motifs is 1. The van der Waals surface area contributed by atoms with Gasteiger partial charge in [-0.05, 0) is 17.7 Å². The highest BCUT2D eigenvalue weighted by Gasteiger charge is 2.12. The molecule has 0 saturated heterocycles. The minimum Gasteiger partial charge on any atom is -0.473 e. The van der Waals surface area contributed by atoms with Gasteiger partial charge in [0.05, 0.1) is 5.52 Å². The number of para-hydroxylation sites is 1. The van der Waals surface area contributed by atoms with Gasteiger partial charge in [0.25, 0.3) is 5.91 Å². The zero-order valence-electron chi connectivity index (χ0n) is 13.4. The molecular formula is C17H18N6O2. The summed E-state index contributed by atoms with van der Waals surface area (Å²) in [5.74, 6) is -0.382. The summed E-state index contributed by atoms with van der Waals surface area (Å²) >= 11 is 0. The first-order valence-corrected chi connectivity index (χ1v) is 7.60. The molecule has 128 valence electrons. The monoisotopic (exact) mass is 338 g/mol. The van der Waals surface area contributed by atoms with Crippen LogP contribution in [-0.2, 0) is 13.2 Å². The lowest BCUT2D eigenvalue weighted by Gasteiger charge is -2.07. The molecule has 0 atom stereocenters. The third-order valence-corrected chi connectivity index (χ3v) is 3.65. The molecule has 0 bridgehead atoms. The number of nitrogens with two attached hydrogens (primary N) is 2. The zero-order valence-corrected chi connectivity index (χ0v) is 13.4. The molecule has 3 rings (SSSR count). The molecule has 2 aromatic heterocycles. The third kappa shape index (κ3) is 3.75. The lowest BCUT2D eigenvalue weighted by Crippen LogP contribution is -2.35. The standard InChI is InChI=1S/C17H18N6O2/c18-8-10-4-5-21-14(6-10)25-9-12-3-1-2-11-7-13(22-15(11)12)16(24)23-17(19)20/h1-7,22H,8-9,18H2,(H4,19,20,23,24). The Labute approximate surface area is 143 Å². The summed E-state index contributed by atoms with van der Waals surface area (Å²) in [6.07, 6.45) is 1.65. The van der Waals surface area contributed by atoms with Crippen LogP contribution in [0.15, 0.2) is 42.6 Å². The van der Waals surface area contributed by atoms with Crippen molar-refractivity contribution in [3.05, 3.63) is 59.4 Å². The van der Waals surface area contributed by atoms with Crippen LogP contribution in [0, 0.1) is 5.41 Å². The van der Waals surface area contributed by atoms with Crippen LogP contribution in [-0.4, -0.2) is 21.8 Å². The maximum Gasteiger partial charge on any atom is 0.274 e. The average Bonchev–Trinajstić information content (AvgIpc) is 3.04. The number of benzene rings is 1. The molecule has 0 aliphatic carbocycles. The molecule has 0 spiro atoms. The topological polar surface area (TPSA) is 143 Å². The number of carbonyl (C=O) groups is 1. The smallest absolute Gasteiger partial charge is 0.274 e. The number of rotatable bonds is 5. The van der Waals surface area contributed by atoms with Crippen LogP contribution in [0.4, 0.5) is 0 Å². The lowest BCUT2D eigenvalue weighted by molar-refractivity contribution is 0.0972. The van der Waals surface area contributed by atoms with E-state index in [2.05, 4.69) is 15.3 Å². The van der Waals surface area contributed by atoms with Crippen LogP contribution in [0.3, 0.4) is 0 Å². The summed E-state index contributed by atoms with van der Waals surface area (Å²) in [4.78, 5) is 19.2. The fourth-order valence-electron chi connectivity index (χ4n) is 2.46. The Morgan fingerprint density at radius 2 is 2.16 bits per heavy atom. The van der Waals surface area contributed by atoms with Gasteiger partial charge in [-0.2, -0.15) is 0 Å². The van der Waals surface area contributed by atoms with Crippen LogP contribution in [0.5, 0.6) is 5.88 Å². The third-order valence-electron chi connectivity index (χ3n) is 3.65. The predicted octanol–water partition coefficient (Wildman–Crippen LogP) is 1.22. The number of aromatic amines is 1. The second-order valence-electron chi connectivity index (χ2n) is 5.43. The number of carbonyl (C=O) groups excluding carboxylic acids is 1. The van der Waals surface area contributed by atoms with Crippen LogP contribution in [0.2, 0.25) is 0 Å². The molecule has 0 aliphatic heterocycles. The van der Waals surface area contributed by atoms with Crippen molar-refractivity contribution in [2.24, 2.45) is 11.5 Å². The van der Waals surface area contributed by atoms with Gasteiger partial charge in [-0.15, -0.1) is 0 Å². The number of aromatic nitrogens is 2. The van der Waals surface area contributed by atoms with Gasteiger partial charge in [-0.3, -0.25) is 15.5 Å². The van der Waals surface area contributed by atoms with Crippen LogP contribution in [0.1, 0.15) is 21.6 Å². The van der Waals surface area contributed by atoms with E-state index in [4.69, 9.17) is 21.6 Å². The summed E-state index contributed by atoms with van der Waals surface area (Å²) in [5, 5.41) is 10.2. The van der Waals surface area contributed by atoms with Gasteiger partial charge in [0.15, 0.2) is 5.96 Å². The van der Waals surface area contributed by atoms with E-state index in [9.17, 15) is 4.79 Å². The highest BCUT2D eigenvalue weighted by atomic mass is 16.5. The molecule has 8 nitrogen and oxygen atoms in total. The maximum atomic E-state index is 12.0. The Morgan fingerprint density at radius 3 is 2.92 bits per heavy atom. The molecule has 3 aromatic rings. The Morgan fingerprint density at radius 1 is 1.32 bits per heavy atom. The number of amides is 1. The number of nitrogens with zero attached hydrogens (tertiary/aromatic N) is 1. The molecule has 8 heteroatoms. The van der Waals surface area contributed by atoms with E-state index in [0.29, 0.717) is 18.1 Å². The second-order valence-corrected chi connectivity index (χ2v) is 5.43. The molecule has 0 fully saturated rings. The summed E-state index contributed by atoms with van der Waals surface area (Å²) in [6.45, 7) is 0.701. The van der Waals surface area contributed by atoms with Crippen molar-refractivity contribution in [2.75, 3.05) is 0 Å². The molecule has 2 heterocycles. The first-order valence-electron chi connectivity index (χ1n) is 7.60. The number of nitrogens with one attached hydrogen (secondary N) is 3. The number of guanidine groups is 1. The quantitative estimate of drug-likeness (QED) is 0.351. The van der Waals surface area contributed by atoms with Gasteiger partial charge < -0.3 is 21.2 Å².